The molecule has 2 aromatic carbocycles. The second-order valence-electron chi connectivity index (χ2n) is 8.96. The monoisotopic (exact) mass is 496 g/mol. The smallest absolute Gasteiger partial charge is 0.243 e. The highest BCUT2D eigenvalue weighted by molar-refractivity contribution is 7.89. The van der Waals surface area contributed by atoms with Crippen LogP contribution >= 0.6 is 0 Å². The van der Waals surface area contributed by atoms with Crippen LogP contribution in [0.4, 0.5) is 0 Å². The van der Waals surface area contributed by atoms with E-state index in [0.29, 0.717) is 51.5 Å². The molecule has 0 unspecified atom stereocenters. The molecule has 9 nitrogen and oxygen atoms in total. The van der Waals surface area contributed by atoms with Crippen molar-refractivity contribution in [1.82, 2.24) is 14.1 Å². The maximum Gasteiger partial charge on any atom is 0.243 e. The highest BCUT2D eigenvalue weighted by Gasteiger charge is 2.33. The van der Waals surface area contributed by atoms with Crippen molar-refractivity contribution in [3.05, 3.63) is 53.6 Å². The van der Waals surface area contributed by atoms with Gasteiger partial charge in [0, 0.05) is 32.7 Å². The van der Waals surface area contributed by atoms with E-state index in [1.54, 1.807) is 0 Å². The summed E-state index contributed by atoms with van der Waals surface area (Å²) in [6, 6.07) is 13.9. The summed E-state index contributed by atoms with van der Waals surface area (Å²) in [7, 11) is -3.63. The number of nitrogens with zero attached hydrogens (tertiary/aromatic N) is 4. The maximum atomic E-state index is 13.2. The molecule has 35 heavy (non-hydrogen) atoms. The number of piperazine rings is 1. The third kappa shape index (κ3) is 4.85. The number of fused-ring (bicyclic) bond motifs is 1. The van der Waals surface area contributed by atoms with Gasteiger partial charge >= 0.3 is 0 Å². The first-order chi connectivity index (χ1) is 17.0. The van der Waals surface area contributed by atoms with Crippen LogP contribution in [0.25, 0.3) is 0 Å². The molecule has 1 atom stereocenters. The number of likely N-dealkylation sites (tertiary alicyclic amines) is 1. The molecule has 10 heteroatoms. The van der Waals surface area contributed by atoms with Crippen LogP contribution in [-0.2, 0) is 14.8 Å². The molecule has 0 spiro atoms. The van der Waals surface area contributed by atoms with Gasteiger partial charge in [-0.1, -0.05) is 6.07 Å². The molecule has 0 saturated carbocycles. The number of amides is 1. The van der Waals surface area contributed by atoms with Crippen molar-refractivity contribution in [1.29, 1.82) is 5.26 Å². The second-order valence-corrected chi connectivity index (χ2v) is 10.9. The Bertz CT molecular complexity index is 1230. The number of carbonyl (C=O) groups excluding carboxylic acids is 1. The largest absolute Gasteiger partial charge is 0.486 e. The summed E-state index contributed by atoms with van der Waals surface area (Å²) in [5.41, 5.74) is 1.47. The number of nitriles is 1. The van der Waals surface area contributed by atoms with Crippen LogP contribution in [0.15, 0.2) is 47.4 Å². The lowest BCUT2D eigenvalue weighted by Crippen LogP contribution is -2.51. The molecule has 0 N–H and O–H groups in total. The summed E-state index contributed by atoms with van der Waals surface area (Å²) in [6.07, 6.45) is 1.85. The van der Waals surface area contributed by atoms with Crippen molar-refractivity contribution in [3.63, 3.8) is 0 Å². The molecule has 2 fully saturated rings. The highest BCUT2D eigenvalue weighted by atomic mass is 32.2. The first-order valence-corrected chi connectivity index (χ1v) is 13.3. The minimum Gasteiger partial charge on any atom is -0.486 e. The first kappa shape index (κ1) is 23.6. The first-order valence-electron chi connectivity index (χ1n) is 11.9. The predicted octanol–water partition coefficient (Wildman–Crippen LogP) is 2.00. The molecule has 184 valence electrons. The molecule has 2 aromatic rings. The average molecular weight is 497 g/mol. The zero-order chi connectivity index (χ0) is 24.4. The Labute approximate surface area is 205 Å². The Kier molecular flexibility index (Phi) is 6.65. The fourth-order valence-electron chi connectivity index (χ4n) is 4.94. The highest BCUT2D eigenvalue weighted by Crippen LogP contribution is 2.38. The summed E-state index contributed by atoms with van der Waals surface area (Å²) >= 11 is 0. The van der Waals surface area contributed by atoms with Gasteiger partial charge in [0.15, 0.2) is 11.5 Å². The quantitative estimate of drug-likeness (QED) is 0.624. The van der Waals surface area contributed by atoms with Crippen LogP contribution in [0.1, 0.15) is 30.0 Å². The lowest BCUT2D eigenvalue weighted by molar-refractivity contribution is -0.133. The van der Waals surface area contributed by atoms with Crippen LogP contribution in [0.5, 0.6) is 11.5 Å². The van der Waals surface area contributed by atoms with Crippen molar-refractivity contribution in [2.24, 2.45) is 0 Å². The summed E-state index contributed by atoms with van der Waals surface area (Å²) < 4.78 is 38.7. The number of benzene rings is 2. The van der Waals surface area contributed by atoms with Crippen molar-refractivity contribution in [2.45, 2.75) is 23.8 Å². The molecule has 0 radical (unpaired) electrons. The Morgan fingerprint density at radius 1 is 0.971 bits per heavy atom. The molecule has 0 aliphatic carbocycles. The Morgan fingerprint density at radius 2 is 1.69 bits per heavy atom. The summed E-state index contributed by atoms with van der Waals surface area (Å²) in [4.78, 5) is 17.4. The van der Waals surface area contributed by atoms with Crippen molar-refractivity contribution >= 4 is 15.9 Å². The Balaban J connectivity index is 1.19. The van der Waals surface area contributed by atoms with Crippen molar-refractivity contribution < 1.29 is 22.7 Å². The van der Waals surface area contributed by atoms with Crippen molar-refractivity contribution in [3.8, 4) is 17.6 Å². The molecule has 0 aromatic heterocycles. The zero-order valence-corrected chi connectivity index (χ0v) is 20.2. The summed E-state index contributed by atoms with van der Waals surface area (Å²) in [5.74, 6) is 1.53. The number of rotatable bonds is 5. The molecule has 3 aliphatic rings. The standard InChI is InChI=1S/C25H28N4O5S/c26-17-19-3-6-21(7-4-19)35(31,32)28-12-10-27(11-13-28)18-25(30)29-9-1-2-22(29)20-5-8-23-24(16-20)34-15-14-33-23/h3-8,16,22H,1-2,9-15,18H2/t22-/m1/s1. The minimum absolute atomic E-state index is 0.0105. The van der Waals surface area contributed by atoms with Gasteiger partial charge in [-0.3, -0.25) is 9.69 Å². The van der Waals surface area contributed by atoms with E-state index < -0.39 is 10.0 Å². The predicted molar refractivity (Wildman–Crippen MR) is 127 cm³/mol. The number of hydrogen-bond acceptors (Lipinski definition) is 7. The third-order valence-corrected chi connectivity index (χ3v) is 8.75. The van der Waals surface area contributed by atoms with Gasteiger partial charge in [0.2, 0.25) is 15.9 Å². The van der Waals surface area contributed by atoms with E-state index in [-0.39, 0.29) is 23.4 Å². The third-order valence-electron chi connectivity index (χ3n) is 6.84. The second kappa shape index (κ2) is 9.85. The van der Waals surface area contributed by atoms with Crippen LogP contribution in [0.3, 0.4) is 0 Å². The van der Waals surface area contributed by atoms with Gasteiger partial charge in [-0.15, -0.1) is 0 Å². The van der Waals surface area contributed by atoms with E-state index in [9.17, 15) is 13.2 Å². The van der Waals surface area contributed by atoms with Crippen LogP contribution < -0.4 is 9.47 Å². The summed E-state index contributed by atoms with van der Waals surface area (Å²) in [6.45, 7) is 3.67. The fraction of sp³-hybridized carbons (Fsp3) is 0.440. The van der Waals surface area contributed by atoms with Crippen molar-refractivity contribution in [2.75, 3.05) is 52.5 Å². The number of sulfonamides is 1. The van der Waals surface area contributed by atoms with Gasteiger partial charge in [-0.2, -0.15) is 9.57 Å². The van der Waals surface area contributed by atoms with Gasteiger partial charge in [0.1, 0.15) is 13.2 Å². The van der Waals surface area contributed by atoms with Gasteiger partial charge in [-0.05, 0) is 54.8 Å². The molecule has 1 amide bonds. The molecular weight excluding hydrogens is 468 g/mol. The minimum atomic E-state index is -3.63. The molecule has 5 rings (SSSR count). The van der Waals surface area contributed by atoms with Crippen LogP contribution in [-0.4, -0.2) is 80.9 Å². The number of ether oxygens (including phenoxy) is 2. The maximum absolute atomic E-state index is 13.2. The number of hydrogen-bond donors (Lipinski definition) is 0. The van der Waals surface area contributed by atoms with Gasteiger partial charge in [-0.25, -0.2) is 8.42 Å². The summed E-state index contributed by atoms with van der Waals surface area (Å²) in [5, 5.41) is 8.93. The normalized spacial score (nSPS) is 21.0. The molecule has 3 heterocycles. The molecule has 3 aliphatic heterocycles. The molecular formula is C25H28N4O5S. The molecule has 0 bridgehead atoms. The Hall–Kier alpha value is -3.13. The lowest BCUT2D eigenvalue weighted by Gasteiger charge is -2.35. The number of carbonyl (C=O) groups is 1. The van der Waals surface area contributed by atoms with Gasteiger partial charge in [0.25, 0.3) is 0 Å². The van der Waals surface area contributed by atoms with E-state index >= 15 is 0 Å². The van der Waals surface area contributed by atoms with Gasteiger partial charge in [0.05, 0.1) is 29.1 Å². The van der Waals surface area contributed by atoms with E-state index in [4.69, 9.17) is 14.7 Å². The van der Waals surface area contributed by atoms with E-state index in [1.807, 2.05) is 34.1 Å². The molecule has 2 saturated heterocycles. The SMILES string of the molecule is N#Cc1ccc(S(=O)(=O)N2CCN(CC(=O)N3CCC[C@@H]3c3ccc4c(c3)OCCO4)CC2)cc1. The zero-order valence-electron chi connectivity index (χ0n) is 19.4. The van der Waals surface area contributed by atoms with Gasteiger partial charge < -0.3 is 14.4 Å². The van der Waals surface area contributed by atoms with E-state index in [1.165, 1.54) is 28.6 Å². The topological polar surface area (TPSA) is 103 Å². The van der Waals surface area contributed by atoms with Crippen LogP contribution in [0, 0.1) is 11.3 Å². The Morgan fingerprint density at radius 3 is 2.40 bits per heavy atom. The van der Waals surface area contributed by atoms with E-state index in [2.05, 4.69) is 0 Å². The average Bonchev–Trinajstić information content (AvgIpc) is 3.39. The fourth-order valence-corrected chi connectivity index (χ4v) is 6.36. The van der Waals surface area contributed by atoms with Crippen LogP contribution in [0.2, 0.25) is 0 Å². The lowest BCUT2D eigenvalue weighted by atomic mass is 10.0. The van der Waals surface area contributed by atoms with E-state index in [0.717, 1.165) is 29.9 Å².